The summed E-state index contributed by atoms with van der Waals surface area (Å²) in [6.07, 6.45) is -3.47. The summed E-state index contributed by atoms with van der Waals surface area (Å²) in [6.45, 7) is 1.46. The molecule has 1 amide bonds. The molecule has 1 fully saturated rings. The topological polar surface area (TPSA) is 90.2 Å². The number of rotatable bonds is 8. The molecule has 9 nitrogen and oxygen atoms in total. The Morgan fingerprint density at radius 3 is 2.49 bits per heavy atom. The molecule has 39 heavy (non-hydrogen) atoms. The number of ether oxygens (including phenoxy) is 3. The number of anilines is 1. The normalized spacial score (nSPS) is 14.9. The maximum atomic E-state index is 12.8. The number of fused-ring (bicyclic) bond motifs is 3. The van der Waals surface area contributed by atoms with Crippen molar-refractivity contribution in [2.45, 2.75) is 32.0 Å². The van der Waals surface area contributed by atoms with E-state index in [2.05, 4.69) is 15.0 Å². The van der Waals surface area contributed by atoms with Gasteiger partial charge in [0.1, 0.15) is 5.75 Å². The van der Waals surface area contributed by atoms with Crippen LogP contribution in [-0.4, -0.2) is 60.5 Å². The van der Waals surface area contributed by atoms with Gasteiger partial charge in [-0.15, -0.1) is 13.2 Å². The SMILES string of the molecule is COC(OC)C1CCN(c2nc3ccccc3c3cc(CNC(=O)c4ccccc4OC(F)(F)F)nn23)CC1. The Bertz CT molecular complexity index is 1460. The number of aromatic nitrogens is 3. The molecule has 3 heterocycles. The van der Waals surface area contributed by atoms with Crippen LogP contribution in [0.5, 0.6) is 5.75 Å². The Kier molecular flexibility index (Phi) is 7.58. The first kappa shape index (κ1) is 26.7. The van der Waals surface area contributed by atoms with Crippen LogP contribution in [-0.2, 0) is 16.0 Å². The number of carbonyl (C=O) groups is 1. The summed E-state index contributed by atoms with van der Waals surface area (Å²) >= 11 is 0. The number of hydrogen-bond donors (Lipinski definition) is 1. The molecule has 206 valence electrons. The van der Waals surface area contributed by atoms with Gasteiger partial charge in [-0.25, -0.2) is 4.98 Å². The van der Waals surface area contributed by atoms with Gasteiger partial charge in [-0.2, -0.15) is 9.61 Å². The summed E-state index contributed by atoms with van der Waals surface area (Å²) in [5, 5.41) is 8.26. The van der Waals surface area contributed by atoms with Gasteiger partial charge in [-0.1, -0.05) is 30.3 Å². The Morgan fingerprint density at radius 1 is 1.08 bits per heavy atom. The predicted octanol–water partition coefficient (Wildman–Crippen LogP) is 4.55. The van der Waals surface area contributed by atoms with Gasteiger partial charge in [0.2, 0.25) is 5.95 Å². The molecule has 0 atom stereocenters. The number of halogens is 3. The zero-order chi connectivity index (χ0) is 27.6. The summed E-state index contributed by atoms with van der Waals surface area (Å²) in [5.74, 6) is -0.333. The van der Waals surface area contributed by atoms with E-state index in [1.807, 2.05) is 30.3 Å². The number of carbonyl (C=O) groups excluding carboxylic acids is 1. The van der Waals surface area contributed by atoms with Crippen molar-refractivity contribution < 1.29 is 32.2 Å². The van der Waals surface area contributed by atoms with Crippen LogP contribution >= 0.6 is 0 Å². The van der Waals surface area contributed by atoms with E-state index in [1.165, 1.54) is 18.2 Å². The Hall–Kier alpha value is -3.90. The van der Waals surface area contributed by atoms with Crippen LogP contribution in [0.3, 0.4) is 0 Å². The van der Waals surface area contributed by atoms with E-state index in [-0.39, 0.29) is 24.3 Å². The zero-order valence-corrected chi connectivity index (χ0v) is 21.4. The van der Waals surface area contributed by atoms with Gasteiger partial charge in [-0.3, -0.25) is 4.79 Å². The maximum Gasteiger partial charge on any atom is 0.573 e. The third kappa shape index (κ3) is 5.76. The van der Waals surface area contributed by atoms with E-state index < -0.39 is 18.0 Å². The highest BCUT2D eigenvalue weighted by molar-refractivity contribution is 5.97. The van der Waals surface area contributed by atoms with Crippen molar-refractivity contribution in [1.82, 2.24) is 19.9 Å². The lowest BCUT2D eigenvalue weighted by molar-refractivity contribution is -0.274. The minimum absolute atomic E-state index is 0.0000636. The van der Waals surface area contributed by atoms with Crippen LogP contribution < -0.4 is 15.0 Å². The molecule has 5 rings (SSSR count). The predicted molar refractivity (Wildman–Crippen MR) is 138 cm³/mol. The number of nitrogens with one attached hydrogen (secondary N) is 1. The third-order valence-electron chi connectivity index (χ3n) is 6.81. The van der Waals surface area contributed by atoms with E-state index in [4.69, 9.17) is 19.6 Å². The average molecular weight is 544 g/mol. The number of hydrogen-bond acceptors (Lipinski definition) is 7. The molecule has 0 bridgehead atoms. The van der Waals surface area contributed by atoms with Gasteiger partial charge in [0.15, 0.2) is 6.29 Å². The van der Waals surface area contributed by atoms with Crippen LogP contribution in [0.15, 0.2) is 54.6 Å². The molecule has 1 saturated heterocycles. The Balaban J connectivity index is 1.40. The molecule has 0 aliphatic carbocycles. The third-order valence-corrected chi connectivity index (χ3v) is 6.81. The van der Waals surface area contributed by atoms with E-state index >= 15 is 0 Å². The molecular formula is C27H28F3N5O4. The highest BCUT2D eigenvalue weighted by atomic mass is 19.4. The second kappa shape index (κ2) is 11.1. The van der Waals surface area contributed by atoms with Gasteiger partial charge in [0, 0.05) is 38.6 Å². The fraction of sp³-hybridized carbons (Fsp3) is 0.370. The van der Waals surface area contributed by atoms with E-state index in [9.17, 15) is 18.0 Å². The first-order valence-electron chi connectivity index (χ1n) is 12.5. The van der Waals surface area contributed by atoms with Gasteiger partial charge >= 0.3 is 6.36 Å². The van der Waals surface area contributed by atoms with E-state index in [1.54, 1.807) is 18.7 Å². The monoisotopic (exact) mass is 543 g/mol. The molecule has 2 aromatic carbocycles. The standard InChI is InChI=1S/C27H28F3N5O4/c1-37-25(38-2)17-11-13-34(14-12-17)26-32-21-9-5-3-7-19(21)22-15-18(33-35(22)26)16-31-24(36)20-8-4-6-10-23(20)39-27(28,29)30/h3-10,15,17,25H,11-14,16H2,1-2H3,(H,31,36). The highest BCUT2D eigenvalue weighted by Crippen LogP contribution is 2.30. The fourth-order valence-corrected chi connectivity index (χ4v) is 5.00. The molecule has 2 aromatic heterocycles. The van der Waals surface area contributed by atoms with Gasteiger partial charge in [-0.05, 0) is 37.1 Å². The number of para-hydroxylation sites is 2. The number of nitrogens with zero attached hydrogens (tertiary/aromatic N) is 4. The Morgan fingerprint density at radius 2 is 1.77 bits per heavy atom. The van der Waals surface area contributed by atoms with Crippen molar-refractivity contribution >= 4 is 28.3 Å². The summed E-state index contributed by atoms with van der Waals surface area (Å²) in [6, 6.07) is 14.8. The molecule has 1 N–H and O–H groups in total. The van der Waals surface area contributed by atoms with Crippen LogP contribution in [0, 0.1) is 5.92 Å². The van der Waals surface area contributed by atoms with Gasteiger partial charge in [0.25, 0.3) is 5.91 Å². The first-order valence-corrected chi connectivity index (χ1v) is 12.5. The van der Waals surface area contributed by atoms with Crippen LogP contribution in [0.1, 0.15) is 28.9 Å². The second-order valence-corrected chi connectivity index (χ2v) is 9.25. The fourth-order valence-electron chi connectivity index (χ4n) is 5.00. The number of piperidine rings is 1. The molecule has 0 saturated carbocycles. The van der Waals surface area contributed by atoms with Crippen LogP contribution in [0.2, 0.25) is 0 Å². The van der Waals surface area contributed by atoms with Gasteiger partial charge in [0.05, 0.1) is 28.8 Å². The lowest BCUT2D eigenvalue weighted by atomic mass is 9.96. The minimum Gasteiger partial charge on any atom is -0.405 e. The van der Waals surface area contributed by atoms with Gasteiger partial charge < -0.3 is 24.4 Å². The summed E-state index contributed by atoms with van der Waals surface area (Å²) in [4.78, 5) is 19.8. The quantitative estimate of drug-likeness (QED) is 0.326. The number of amides is 1. The summed E-state index contributed by atoms with van der Waals surface area (Å²) in [7, 11) is 3.28. The molecule has 0 unspecified atom stereocenters. The summed E-state index contributed by atoms with van der Waals surface area (Å²) < 4.78 is 55.0. The number of methoxy groups -OCH3 is 2. The van der Waals surface area contributed by atoms with Crippen molar-refractivity contribution in [3.05, 3.63) is 65.9 Å². The molecule has 4 aromatic rings. The lowest BCUT2D eigenvalue weighted by Gasteiger charge is -2.35. The van der Waals surface area contributed by atoms with E-state index in [0.29, 0.717) is 11.6 Å². The molecule has 1 aliphatic rings. The summed E-state index contributed by atoms with van der Waals surface area (Å²) in [5.41, 5.74) is 1.93. The average Bonchev–Trinajstić information content (AvgIpc) is 3.36. The molecule has 12 heteroatoms. The molecular weight excluding hydrogens is 515 g/mol. The smallest absolute Gasteiger partial charge is 0.405 e. The zero-order valence-electron chi connectivity index (χ0n) is 21.4. The molecule has 1 aliphatic heterocycles. The number of alkyl halides is 3. The number of benzene rings is 2. The largest absolute Gasteiger partial charge is 0.573 e. The van der Waals surface area contributed by atoms with Crippen molar-refractivity contribution in [3.8, 4) is 5.75 Å². The maximum absolute atomic E-state index is 12.8. The Labute approximate surface area is 222 Å². The van der Waals surface area contributed by atoms with Crippen molar-refractivity contribution in [3.63, 3.8) is 0 Å². The lowest BCUT2D eigenvalue weighted by Crippen LogP contribution is -2.40. The minimum atomic E-state index is -4.91. The van der Waals surface area contributed by atoms with Crippen LogP contribution in [0.4, 0.5) is 19.1 Å². The first-order chi connectivity index (χ1) is 18.8. The molecule has 0 radical (unpaired) electrons. The van der Waals surface area contributed by atoms with Crippen molar-refractivity contribution in [1.29, 1.82) is 0 Å². The van der Waals surface area contributed by atoms with E-state index in [0.717, 1.165) is 48.4 Å². The van der Waals surface area contributed by atoms with Crippen molar-refractivity contribution in [2.75, 3.05) is 32.2 Å². The highest BCUT2D eigenvalue weighted by Gasteiger charge is 2.33. The second-order valence-electron chi connectivity index (χ2n) is 9.25. The molecule has 0 spiro atoms. The van der Waals surface area contributed by atoms with Crippen LogP contribution in [0.25, 0.3) is 16.4 Å². The van der Waals surface area contributed by atoms with Crippen molar-refractivity contribution in [2.24, 2.45) is 5.92 Å².